The summed E-state index contributed by atoms with van der Waals surface area (Å²) in [5, 5.41) is 22.3. The Balaban J connectivity index is 1.47. The van der Waals surface area contributed by atoms with Gasteiger partial charge in [0.2, 0.25) is 0 Å². The van der Waals surface area contributed by atoms with Crippen molar-refractivity contribution in [3.05, 3.63) is 38.9 Å². The van der Waals surface area contributed by atoms with Gasteiger partial charge >= 0.3 is 0 Å². The molecule has 0 aliphatic carbocycles. The number of carbonyl (C=O) groups excluding carboxylic acids is 1. The Labute approximate surface area is 190 Å². The average Bonchev–Trinajstić information content (AvgIpc) is 3.47. The van der Waals surface area contributed by atoms with Crippen molar-refractivity contribution in [3.8, 4) is 0 Å². The van der Waals surface area contributed by atoms with Crippen molar-refractivity contribution in [3.63, 3.8) is 0 Å². The smallest absolute Gasteiger partial charge is 0.254 e. The van der Waals surface area contributed by atoms with Gasteiger partial charge in [0.15, 0.2) is 5.82 Å². The van der Waals surface area contributed by atoms with Gasteiger partial charge < -0.3 is 5.32 Å². The van der Waals surface area contributed by atoms with E-state index in [1.165, 1.54) is 16.0 Å². The highest BCUT2D eigenvalue weighted by Gasteiger charge is 2.29. The van der Waals surface area contributed by atoms with Gasteiger partial charge in [0, 0.05) is 22.3 Å². The minimum Gasteiger partial charge on any atom is -0.365 e. The highest BCUT2D eigenvalue weighted by Crippen LogP contribution is 2.31. The molecule has 0 radical (unpaired) electrons. The molecule has 3 aromatic heterocycles. The van der Waals surface area contributed by atoms with Crippen LogP contribution in [-0.2, 0) is 13.1 Å². The molecule has 11 heteroatoms. The number of hydrogen-bond acceptors (Lipinski definition) is 8. The largest absolute Gasteiger partial charge is 0.365 e. The predicted molar refractivity (Wildman–Crippen MR) is 120 cm³/mol. The van der Waals surface area contributed by atoms with Crippen molar-refractivity contribution in [1.29, 1.82) is 0 Å². The lowest BCUT2D eigenvalue weighted by Gasteiger charge is -2.30. The molecule has 4 rings (SSSR count). The second-order valence-electron chi connectivity index (χ2n) is 8.86. The molecule has 1 aliphatic heterocycles. The van der Waals surface area contributed by atoms with Crippen LogP contribution in [0.2, 0.25) is 4.34 Å². The number of likely N-dealkylation sites (tertiary alicyclic amines) is 1. The number of tetrazole rings is 1. The van der Waals surface area contributed by atoms with E-state index < -0.39 is 5.41 Å². The lowest BCUT2D eigenvalue weighted by Crippen LogP contribution is -2.33. The molecule has 166 valence electrons. The van der Waals surface area contributed by atoms with Crippen LogP contribution in [0.3, 0.4) is 0 Å². The quantitative estimate of drug-likeness (QED) is 0.574. The zero-order valence-corrected chi connectivity index (χ0v) is 19.5. The van der Waals surface area contributed by atoms with Crippen LogP contribution in [0.15, 0.2) is 18.2 Å². The highest BCUT2D eigenvalue weighted by atomic mass is 35.5. The number of carbonyl (C=O) groups is 1. The average molecular weight is 463 g/mol. The summed E-state index contributed by atoms with van der Waals surface area (Å²) in [7, 11) is 0. The van der Waals surface area contributed by atoms with E-state index in [-0.39, 0.29) is 5.91 Å². The van der Waals surface area contributed by atoms with Crippen LogP contribution < -0.4 is 5.32 Å². The van der Waals surface area contributed by atoms with Crippen molar-refractivity contribution in [2.45, 2.75) is 52.6 Å². The van der Waals surface area contributed by atoms with E-state index in [2.05, 4.69) is 30.8 Å². The molecule has 0 amide bonds. The van der Waals surface area contributed by atoms with Gasteiger partial charge in [-0.2, -0.15) is 15.0 Å². The molecule has 0 unspecified atom stereocenters. The first-order valence-electron chi connectivity index (χ1n) is 10.4. The molecule has 0 aromatic carbocycles. The second kappa shape index (κ2) is 9.05. The molecular weight excluding hydrogens is 436 g/mol. The van der Waals surface area contributed by atoms with Crippen molar-refractivity contribution in [2.75, 3.05) is 18.4 Å². The lowest BCUT2D eigenvalue weighted by molar-refractivity contribution is 0.0750. The van der Waals surface area contributed by atoms with Crippen LogP contribution in [0.1, 0.15) is 60.7 Å². The molecule has 0 spiro atoms. The predicted octanol–water partition coefficient (Wildman–Crippen LogP) is 3.79. The fourth-order valence-corrected chi connectivity index (χ4v) is 4.69. The molecule has 1 fully saturated rings. The van der Waals surface area contributed by atoms with Gasteiger partial charge in [0.05, 0.1) is 23.1 Å². The molecule has 9 nitrogen and oxygen atoms in total. The molecule has 4 heterocycles. The van der Waals surface area contributed by atoms with Crippen molar-refractivity contribution in [2.24, 2.45) is 5.41 Å². The third-order valence-corrected chi connectivity index (χ3v) is 6.63. The monoisotopic (exact) mass is 462 g/mol. The standard InChI is InChI=1S/C20H27ClN8OS/c1-20(2,3)19(30)29-18(22-11-14-4-5-16(21)31-14)10-15(25-29)13-6-8-28(9-7-13)12-17-23-26-27-24-17/h4-5,10,13,22H,6-9,11-12H2,1-3H3,(H,23,24,26,27). The first-order valence-corrected chi connectivity index (χ1v) is 11.6. The van der Waals surface area contributed by atoms with E-state index in [4.69, 9.17) is 16.7 Å². The Morgan fingerprint density at radius 1 is 1.32 bits per heavy atom. The molecule has 3 aromatic rings. The first-order chi connectivity index (χ1) is 14.8. The van der Waals surface area contributed by atoms with Crippen LogP contribution in [-0.4, -0.2) is 54.3 Å². The van der Waals surface area contributed by atoms with Crippen molar-refractivity contribution in [1.82, 2.24) is 35.3 Å². The van der Waals surface area contributed by atoms with E-state index in [0.29, 0.717) is 24.8 Å². The minimum absolute atomic E-state index is 0.0278. The molecule has 0 saturated carbocycles. The number of hydrogen-bond donors (Lipinski definition) is 2. The van der Waals surface area contributed by atoms with Crippen LogP contribution in [0, 0.1) is 5.41 Å². The van der Waals surface area contributed by atoms with Crippen LogP contribution in [0.4, 0.5) is 5.82 Å². The van der Waals surface area contributed by atoms with Gasteiger partial charge in [0.1, 0.15) is 5.82 Å². The maximum Gasteiger partial charge on any atom is 0.254 e. The fourth-order valence-electron chi connectivity index (χ4n) is 3.66. The maximum atomic E-state index is 13.0. The van der Waals surface area contributed by atoms with Gasteiger partial charge in [-0.3, -0.25) is 9.69 Å². The van der Waals surface area contributed by atoms with E-state index in [0.717, 1.165) is 46.7 Å². The summed E-state index contributed by atoms with van der Waals surface area (Å²) in [5.41, 5.74) is 0.434. The van der Waals surface area contributed by atoms with Crippen LogP contribution >= 0.6 is 22.9 Å². The molecule has 1 aliphatic rings. The summed E-state index contributed by atoms with van der Waals surface area (Å²) in [4.78, 5) is 16.5. The van der Waals surface area contributed by atoms with Crippen LogP contribution in [0.25, 0.3) is 0 Å². The summed E-state index contributed by atoms with van der Waals surface area (Å²) in [6.45, 7) is 8.88. The first kappa shape index (κ1) is 21.9. The molecular formula is C20H27ClN8OS. The Morgan fingerprint density at radius 2 is 2.10 bits per heavy atom. The van der Waals surface area contributed by atoms with E-state index >= 15 is 0 Å². The SMILES string of the molecule is CC(C)(C)C(=O)n1nc(C2CCN(Cc3nn[nH]n3)CC2)cc1NCc1ccc(Cl)s1. The van der Waals surface area contributed by atoms with Crippen molar-refractivity contribution >= 4 is 34.7 Å². The Morgan fingerprint density at radius 3 is 2.71 bits per heavy atom. The number of aromatic amines is 1. The number of H-pyrrole nitrogens is 1. The Bertz CT molecular complexity index is 1010. The summed E-state index contributed by atoms with van der Waals surface area (Å²) in [5.74, 6) is 1.72. The Kier molecular flexibility index (Phi) is 6.40. The summed E-state index contributed by atoms with van der Waals surface area (Å²) < 4.78 is 2.29. The zero-order valence-electron chi connectivity index (χ0n) is 17.9. The number of nitrogens with zero attached hydrogens (tertiary/aromatic N) is 6. The fraction of sp³-hybridized carbons (Fsp3) is 0.550. The number of rotatable bonds is 6. The third kappa shape index (κ3) is 5.31. The van der Waals surface area contributed by atoms with Crippen LogP contribution in [0.5, 0.6) is 0 Å². The summed E-state index contributed by atoms with van der Waals surface area (Å²) in [6.07, 6.45) is 1.94. The van der Waals surface area contributed by atoms with Gasteiger partial charge in [-0.05, 0) is 38.1 Å². The third-order valence-electron chi connectivity index (χ3n) is 5.39. The summed E-state index contributed by atoms with van der Waals surface area (Å²) in [6, 6.07) is 5.90. The van der Waals surface area contributed by atoms with E-state index in [9.17, 15) is 4.79 Å². The minimum atomic E-state index is -0.528. The van der Waals surface area contributed by atoms with E-state index in [1.54, 1.807) is 0 Å². The zero-order chi connectivity index (χ0) is 22.0. The maximum absolute atomic E-state index is 13.0. The molecule has 0 atom stereocenters. The molecule has 2 N–H and O–H groups in total. The molecule has 1 saturated heterocycles. The van der Waals surface area contributed by atoms with Gasteiger partial charge in [-0.15, -0.1) is 21.5 Å². The lowest BCUT2D eigenvalue weighted by atomic mass is 9.93. The second-order valence-corrected chi connectivity index (χ2v) is 10.7. The number of piperidine rings is 1. The molecule has 31 heavy (non-hydrogen) atoms. The highest BCUT2D eigenvalue weighted by molar-refractivity contribution is 7.16. The number of thiophene rings is 1. The van der Waals surface area contributed by atoms with Gasteiger partial charge in [0.25, 0.3) is 5.91 Å². The summed E-state index contributed by atoms with van der Waals surface area (Å²) >= 11 is 7.58. The number of aromatic nitrogens is 6. The number of anilines is 1. The van der Waals surface area contributed by atoms with E-state index in [1.807, 2.05) is 39.0 Å². The number of nitrogens with one attached hydrogen (secondary N) is 2. The normalized spacial score (nSPS) is 16.0. The number of halogens is 1. The molecule has 0 bridgehead atoms. The topological polar surface area (TPSA) is 105 Å². The van der Waals surface area contributed by atoms with Gasteiger partial charge in [-0.1, -0.05) is 37.6 Å². The van der Waals surface area contributed by atoms with Crippen molar-refractivity contribution < 1.29 is 4.79 Å². The van der Waals surface area contributed by atoms with Gasteiger partial charge in [-0.25, -0.2) is 0 Å². The Hall–Kier alpha value is -2.30.